The number of hydrogen-bond donors (Lipinski definition) is 4. The van der Waals surface area contributed by atoms with Crippen LogP contribution in [0.25, 0.3) is 0 Å². The third-order valence-electron chi connectivity index (χ3n) is 26.7. The molecule has 4 aromatic carbocycles. The molecule has 8 aliphatic rings. The van der Waals surface area contributed by atoms with Crippen LogP contribution in [0, 0.1) is 23.7 Å². The molecule has 4 N–H and O–H groups in total. The molecule has 24 nitrogen and oxygen atoms in total. The second kappa shape index (κ2) is 60.5. The van der Waals surface area contributed by atoms with E-state index in [2.05, 4.69) is 120 Å². The minimum atomic E-state index is 0.468. The lowest BCUT2D eigenvalue weighted by Crippen LogP contribution is -3.14. The number of rotatable bonds is 58. The first-order valence-corrected chi connectivity index (χ1v) is 49.6. The summed E-state index contributed by atoms with van der Waals surface area (Å²) in [6.07, 6.45) is 21.4. The van der Waals surface area contributed by atoms with Gasteiger partial charge in [0.05, 0.1) is 185 Å². The molecular weight excluding hydrogens is 1570 g/mol. The maximum Gasteiger partial charge on any atom is 0.161 e. The molecule has 8 fully saturated rings. The van der Waals surface area contributed by atoms with Crippen molar-refractivity contribution in [3.63, 3.8) is 0 Å². The van der Waals surface area contributed by atoms with E-state index < -0.39 is 0 Å². The van der Waals surface area contributed by atoms with Gasteiger partial charge >= 0.3 is 0 Å². The Morgan fingerprint density at radius 3 is 0.605 bits per heavy atom. The highest BCUT2D eigenvalue weighted by Gasteiger charge is 2.25. The molecular formula is C100H168N8O16+4. The highest BCUT2D eigenvalue weighted by atomic mass is 16.5. The van der Waals surface area contributed by atoms with Crippen LogP contribution in [0.15, 0.2) is 72.8 Å². The van der Waals surface area contributed by atoms with Gasteiger partial charge in [-0.05, 0) is 249 Å². The Balaban J connectivity index is 0.000000241. The van der Waals surface area contributed by atoms with Crippen LogP contribution in [0.3, 0.4) is 0 Å². The number of morpholine rings is 8. The fourth-order valence-electron chi connectivity index (χ4n) is 18.0. The van der Waals surface area contributed by atoms with Crippen molar-refractivity contribution in [3.8, 4) is 46.0 Å². The zero-order chi connectivity index (χ0) is 85.7. The molecule has 24 heteroatoms. The third-order valence-corrected chi connectivity index (χ3v) is 26.7. The molecule has 4 atom stereocenters. The number of nitrogens with zero attached hydrogens (tertiary/aromatic N) is 4. The quantitative estimate of drug-likeness (QED) is 0.0315. The van der Waals surface area contributed by atoms with E-state index in [0.29, 0.717) is 76.5 Å². The van der Waals surface area contributed by atoms with E-state index in [0.717, 1.165) is 398 Å². The summed E-state index contributed by atoms with van der Waals surface area (Å²) in [6, 6.07) is 26.6. The molecule has 0 spiro atoms. The molecule has 0 radical (unpaired) electrons. The Hall–Kier alpha value is -5.36. The molecule has 12 rings (SSSR count). The van der Waals surface area contributed by atoms with Gasteiger partial charge < -0.3 is 95.4 Å². The highest BCUT2D eigenvalue weighted by Crippen LogP contribution is 2.37. The predicted octanol–water partition coefficient (Wildman–Crippen LogP) is 7.75. The molecule has 0 bridgehead atoms. The van der Waals surface area contributed by atoms with Crippen molar-refractivity contribution in [2.24, 2.45) is 23.7 Å². The zero-order valence-corrected chi connectivity index (χ0v) is 77.6. The lowest BCUT2D eigenvalue weighted by Gasteiger charge is -2.26. The van der Waals surface area contributed by atoms with E-state index in [1.807, 2.05) is 0 Å². The number of benzene rings is 4. The average molecular weight is 1740 g/mol. The van der Waals surface area contributed by atoms with E-state index in [1.165, 1.54) is 61.3 Å². The van der Waals surface area contributed by atoms with Crippen molar-refractivity contribution in [2.75, 3.05) is 316 Å². The summed E-state index contributed by atoms with van der Waals surface area (Å²) in [5, 5.41) is 0. The van der Waals surface area contributed by atoms with Gasteiger partial charge in [-0.1, -0.05) is 52.0 Å². The maximum atomic E-state index is 6.51. The topological polar surface area (TPSA) is 178 Å². The number of hydrogen-bond acceptors (Lipinski definition) is 20. The first-order valence-electron chi connectivity index (χ1n) is 49.6. The predicted molar refractivity (Wildman–Crippen MR) is 490 cm³/mol. The van der Waals surface area contributed by atoms with Gasteiger partial charge in [0, 0.05) is 52.4 Å². The molecule has 8 aliphatic heterocycles. The van der Waals surface area contributed by atoms with E-state index in [1.54, 1.807) is 19.6 Å². The van der Waals surface area contributed by atoms with Crippen molar-refractivity contribution in [3.05, 3.63) is 95.1 Å². The Labute approximate surface area is 747 Å². The normalized spacial score (nSPS) is 19.6. The monoisotopic (exact) mass is 1740 g/mol. The summed E-state index contributed by atoms with van der Waals surface area (Å²) in [5.41, 5.74) is 5.21. The van der Waals surface area contributed by atoms with Gasteiger partial charge in [0.2, 0.25) is 0 Å². The van der Waals surface area contributed by atoms with Crippen molar-refractivity contribution in [1.82, 2.24) is 19.6 Å². The van der Waals surface area contributed by atoms with Gasteiger partial charge in [0.15, 0.2) is 46.0 Å². The molecule has 8 heterocycles. The minimum Gasteiger partial charge on any atom is -0.490 e. The standard InChI is InChI=1S/2C50H82N4O8/c2*1-43(39-45-11-13-47(59-27-7-3-15-51-19-31-55-32-20-51)49(41-45)61-29-9-5-17-53-23-35-57-36-24-53)44(2)40-46-12-14-48(60-28-8-4-16-52-21-33-56-34-22-52)50(42-46)62-30-10-6-18-54-25-37-58-38-26-54/h2*11-14,41-44H,3-10,15-40H2,1-2H3/p+4/t2*43-,44+. The summed E-state index contributed by atoms with van der Waals surface area (Å²) in [7, 11) is 0. The van der Waals surface area contributed by atoms with Crippen LogP contribution >= 0.6 is 0 Å². The van der Waals surface area contributed by atoms with Crippen LogP contribution < -0.4 is 57.5 Å². The zero-order valence-electron chi connectivity index (χ0n) is 77.6. The number of quaternary nitrogens is 4. The van der Waals surface area contributed by atoms with Gasteiger partial charge in [-0.25, -0.2) is 0 Å². The first kappa shape index (κ1) is 99.2. The van der Waals surface area contributed by atoms with Gasteiger partial charge in [0.25, 0.3) is 0 Å². The summed E-state index contributed by atoms with van der Waals surface area (Å²) in [5.74, 6) is 8.92. The number of ether oxygens (including phenoxy) is 16. The van der Waals surface area contributed by atoms with E-state index in [-0.39, 0.29) is 0 Å². The van der Waals surface area contributed by atoms with Crippen LogP contribution in [0.5, 0.6) is 46.0 Å². The third kappa shape index (κ3) is 39.5. The van der Waals surface area contributed by atoms with E-state index in [4.69, 9.17) is 75.8 Å². The average Bonchev–Trinajstić information content (AvgIpc) is 0.851. The molecule has 0 unspecified atom stereocenters. The Morgan fingerprint density at radius 1 is 0.226 bits per heavy atom. The molecule has 4 aromatic rings. The second-order valence-electron chi connectivity index (χ2n) is 36.6. The molecule has 0 amide bonds. The lowest BCUT2D eigenvalue weighted by molar-refractivity contribution is -0.908. The summed E-state index contributed by atoms with van der Waals surface area (Å²) < 4.78 is 95.9. The van der Waals surface area contributed by atoms with Crippen LogP contribution in [0.1, 0.15) is 153 Å². The molecule has 124 heavy (non-hydrogen) atoms. The molecule has 700 valence electrons. The van der Waals surface area contributed by atoms with Crippen LogP contribution in [-0.2, 0) is 63.6 Å². The number of unbranched alkanes of at least 4 members (excludes halogenated alkanes) is 8. The van der Waals surface area contributed by atoms with E-state index in [9.17, 15) is 0 Å². The van der Waals surface area contributed by atoms with Crippen molar-refractivity contribution < 1.29 is 95.4 Å². The second-order valence-corrected chi connectivity index (χ2v) is 36.6. The fraction of sp³-hybridized carbons (Fsp3) is 0.760. The summed E-state index contributed by atoms with van der Waals surface area (Å²) >= 11 is 0. The van der Waals surface area contributed by atoms with Crippen LogP contribution in [0.2, 0.25) is 0 Å². The summed E-state index contributed by atoms with van der Waals surface area (Å²) in [6.45, 7) is 55.4. The number of nitrogens with one attached hydrogen (secondary N) is 4. The van der Waals surface area contributed by atoms with Crippen molar-refractivity contribution in [2.45, 2.75) is 156 Å². The molecule has 0 aromatic heterocycles. The lowest BCUT2D eigenvalue weighted by atomic mass is 9.85. The largest absolute Gasteiger partial charge is 0.490 e. The Bertz CT molecular complexity index is 2960. The van der Waals surface area contributed by atoms with Crippen molar-refractivity contribution in [1.29, 1.82) is 0 Å². The van der Waals surface area contributed by atoms with Gasteiger partial charge in [0.1, 0.15) is 52.4 Å². The molecule has 0 aliphatic carbocycles. The maximum absolute atomic E-state index is 6.51. The molecule has 0 saturated carbocycles. The van der Waals surface area contributed by atoms with Gasteiger partial charge in [-0.2, -0.15) is 0 Å². The Kier molecular flexibility index (Phi) is 48.4. The van der Waals surface area contributed by atoms with Crippen LogP contribution in [-0.4, -0.2) is 335 Å². The fourth-order valence-corrected chi connectivity index (χ4v) is 18.0. The Morgan fingerprint density at radius 2 is 0.403 bits per heavy atom. The first-order chi connectivity index (χ1) is 61.2. The van der Waals surface area contributed by atoms with Gasteiger partial charge in [-0.15, -0.1) is 0 Å². The van der Waals surface area contributed by atoms with Crippen molar-refractivity contribution >= 4 is 0 Å². The summed E-state index contributed by atoms with van der Waals surface area (Å²) in [4.78, 5) is 16.6. The van der Waals surface area contributed by atoms with Crippen LogP contribution in [0.4, 0.5) is 0 Å². The SMILES string of the molecule is C[C@H](Cc1ccc(OCCCCN2CCOCC2)c(OCCCCN2CCOCC2)c1)[C@@H](C)Cc1ccc(OCCCCN2CCOCC2)c(OCCCCN2CCOCC2)c1.C[C@H](Cc1ccc(OCCCC[NH+]2CCOCC2)c(OCCCC[NH+]2CCOCC2)c1)[C@@H](C)Cc1ccc(OCCCC[NH+]2CCOCC2)c(OCCCC[NH+]2CCOCC2)c1. The smallest absolute Gasteiger partial charge is 0.161 e. The molecule has 8 saturated heterocycles. The van der Waals surface area contributed by atoms with Gasteiger partial charge in [-0.3, -0.25) is 19.6 Å². The minimum absolute atomic E-state index is 0.468. The van der Waals surface area contributed by atoms with E-state index >= 15 is 0 Å². The highest BCUT2D eigenvalue weighted by molar-refractivity contribution is 5.46.